The van der Waals surface area contributed by atoms with E-state index < -0.39 is 18.0 Å². The summed E-state index contributed by atoms with van der Waals surface area (Å²) in [7, 11) is 1.53. The molecule has 0 aliphatic carbocycles. The van der Waals surface area contributed by atoms with Crippen LogP contribution in [0.1, 0.15) is 0 Å². The molecule has 0 unspecified atom stereocenters. The Morgan fingerprint density at radius 1 is 1.18 bits per heavy atom. The Labute approximate surface area is 191 Å². The summed E-state index contributed by atoms with van der Waals surface area (Å²) in [6.07, 6.45) is -2.44. The molecule has 0 saturated carbocycles. The molecule has 0 aliphatic heterocycles. The molecule has 1 amide bonds. The van der Waals surface area contributed by atoms with Gasteiger partial charge in [0.2, 0.25) is 5.91 Å². The molecule has 2 aromatic carbocycles. The number of methoxy groups -OCH3 is 1. The monoisotopic (exact) mass is 482 g/mol. The first-order valence-electron chi connectivity index (χ1n) is 9.36. The van der Waals surface area contributed by atoms with Crippen molar-refractivity contribution in [1.29, 1.82) is 0 Å². The van der Waals surface area contributed by atoms with Crippen molar-refractivity contribution in [1.82, 2.24) is 9.97 Å². The van der Waals surface area contributed by atoms with Crippen LogP contribution in [0.3, 0.4) is 0 Å². The fourth-order valence-electron chi connectivity index (χ4n) is 2.74. The molecule has 1 aromatic heterocycles. The van der Waals surface area contributed by atoms with E-state index in [0.29, 0.717) is 34.8 Å². The standard InChI is InChI=1S/C21H18ClF3N4O4/c1-3-19(30)28-17-9-13-16(10-18(17)32-7-6-31-2)26-11-27-20(13)29-15-5-4-12(8-14(15)22)33-21(23,24)25/h3-5,8-11H,1,6-7H2,2H3,(H,28,30)(H,26,27,29). The van der Waals surface area contributed by atoms with Gasteiger partial charge in [-0.15, -0.1) is 13.2 Å². The minimum Gasteiger partial charge on any atom is -0.489 e. The number of ether oxygens (including phenoxy) is 3. The van der Waals surface area contributed by atoms with Crippen LogP contribution in [-0.2, 0) is 9.53 Å². The number of nitrogens with zero attached hydrogens (tertiary/aromatic N) is 2. The fraction of sp³-hybridized carbons (Fsp3) is 0.190. The summed E-state index contributed by atoms with van der Waals surface area (Å²) in [4.78, 5) is 20.3. The molecule has 3 rings (SSSR count). The molecule has 3 aromatic rings. The van der Waals surface area contributed by atoms with Crippen LogP contribution in [0.5, 0.6) is 11.5 Å². The van der Waals surface area contributed by atoms with E-state index in [9.17, 15) is 18.0 Å². The van der Waals surface area contributed by atoms with Crippen molar-refractivity contribution in [2.24, 2.45) is 0 Å². The Balaban J connectivity index is 1.97. The van der Waals surface area contributed by atoms with Crippen LogP contribution in [0.15, 0.2) is 49.3 Å². The lowest BCUT2D eigenvalue weighted by Gasteiger charge is -2.15. The topological polar surface area (TPSA) is 94.6 Å². The average Bonchev–Trinajstić information content (AvgIpc) is 2.75. The van der Waals surface area contributed by atoms with Gasteiger partial charge in [0.15, 0.2) is 0 Å². The van der Waals surface area contributed by atoms with Crippen molar-refractivity contribution in [2.75, 3.05) is 31.0 Å². The van der Waals surface area contributed by atoms with E-state index in [0.717, 1.165) is 18.2 Å². The smallest absolute Gasteiger partial charge is 0.489 e. The van der Waals surface area contributed by atoms with Crippen molar-refractivity contribution < 1.29 is 32.2 Å². The molecule has 0 aliphatic rings. The molecule has 12 heteroatoms. The minimum absolute atomic E-state index is 0.0248. The highest BCUT2D eigenvalue weighted by Crippen LogP contribution is 2.36. The maximum Gasteiger partial charge on any atom is 0.573 e. The van der Waals surface area contributed by atoms with E-state index in [4.69, 9.17) is 21.1 Å². The quantitative estimate of drug-likeness (QED) is 0.324. The van der Waals surface area contributed by atoms with Crippen LogP contribution in [0.25, 0.3) is 10.9 Å². The summed E-state index contributed by atoms with van der Waals surface area (Å²) in [5, 5.41) is 6.08. The molecule has 33 heavy (non-hydrogen) atoms. The first-order valence-corrected chi connectivity index (χ1v) is 9.74. The summed E-state index contributed by atoms with van der Waals surface area (Å²) in [6, 6.07) is 6.66. The predicted molar refractivity (Wildman–Crippen MR) is 117 cm³/mol. The third kappa shape index (κ3) is 6.46. The first-order chi connectivity index (χ1) is 15.7. The van der Waals surface area contributed by atoms with E-state index in [2.05, 4.69) is 31.9 Å². The highest BCUT2D eigenvalue weighted by Gasteiger charge is 2.31. The van der Waals surface area contributed by atoms with Gasteiger partial charge in [-0.25, -0.2) is 9.97 Å². The number of benzene rings is 2. The van der Waals surface area contributed by atoms with Crippen LogP contribution in [-0.4, -0.2) is 42.6 Å². The SMILES string of the molecule is C=CC(=O)Nc1cc2c(Nc3ccc(OC(F)(F)F)cc3Cl)ncnc2cc1OCCOC. The summed E-state index contributed by atoms with van der Waals surface area (Å²) in [5.74, 6) is -0.270. The molecule has 0 radical (unpaired) electrons. The Hall–Kier alpha value is -3.57. The predicted octanol–water partition coefficient (Wildman–Crippen LogP) is 5.08. The molecule has 0 saturated heterocycles. The third-order valence-corrected chi connectivity index (χ3v) is 4.46. The number of carbonyl (C=O) groups excluding carboxylic acids is 1. The van der Waals surface area contributed by atoms with Crippen molar-refractivity contribution in [2.45, 2.75) is 6.36 Å². The van der Waals surface area contributed by atoms with Gasteiger partial charge in [0.05, 0.1) is 28.5 Å². The molecule has 0 bridgehead atoms. The van der Waals surface area contributed by atoms with Crippen molar-refractivity contribution >= 4 is 45.6 Å². The number of hydrogen-bond acceptors (Lipinski definition) is 7. The van der Waals surface area contributed by atoms with Crippen LogP contribution in [0, 0.1) is 0 Å². The van der Waals surface area contributed by atoms with E-state index in [1.54, 1.807) is 12.1 Å². The van der Waals surface area contributed by atoms with Crippen LogP contribution in [0.4, 0.5) is 30.4 Å². The van der Waals surface area contributed by atoms with Gasteiger partial charge in [-0.2, -0.15) is 0 Å². The third-order valence-electron chi connectivity index (χ3n) is 4.15. The van der Waals surface area contributed by atoms with Gasteiger partial charge in [-0.3, -0.25) is 4.79 Å². The van der Waals surface area contributed by atoms with Gasteiger partial charge in [-0.05, 0) is 24.3 Å². The van der Waals surface area contributed by atoms with Gasteiger partial charge < -0.3 is 24.8 Å². The number of halogens is 4. The van der Waals surface area contributed by atoms with Gasteiger partial charge in [0, 0.05) is 24.6 Å². The highest BCUT2D eigenvalue weighted by atomic mass is 35.5. The molecule has 174 valence electrons. The Bertz CT molecular complexity index is 1170. The molecule has 0 atom stereocenters. The molecular weight excluding hydrogens is 465 g/mol. The number of alkyl halides is 3. The lowest BCUT2D eigenvalue weighted by atomic mass is 10.1. The maximum absolute atomic E-state index is 12.4. The van der Waals surface area contributed by atoms with Crippen LogP contribution in [0.2, 0.25) is 5.02 Å². The van der Waals surface area contributed by atoms with Gasteiger partial charge in [-0.1, -0.05) is 18.2 Å². The number of carbonyl (C=O) groups is 1. The molecule has 0 fully saturated rings. The van der Waals surface area contributed by atoms with Crippen molar-refractivity contribution in [3.8, 4) is 11.5 Å². The zero-order valence-electron chi connectivity index (χ0n) is 17.2. The summed E-state index contributed by atoms with van der Waals surface area (Å²) >= 11 is 6.12. The Kier molecular flexibility index (Phi) is 7.56. The normalized spacial score (nSPS) is 11.2. The van der Waals surface area contributed by atoms with E-state index in [1.807, 2.05) is 0 Å². The second-order valence-electron chi connectivity index (χ2n) is 6.44. The van der Waals surface area contributed by atoms with Crippen molar-refractivity contribution in [3.05, 3.63) is 54.3 Å². The minimum atomic E-state index is -4.84. The number of aromatic nitrogens is 2. The lowest BCUT2D eigenvalue weighted by molar-refractivity contribution is -0.274. The van der Waals surface area contributed by atoms with Crippen LogP contribution >= 0.6 is 11.6 Å². The number of anilines is 3. The number of amides is 1. The summed E-state index contributed by atoms with van der Waals surface area (Å²) in [6.45, 7) is 3.99. The number of fused-ring (bicyclic) bond motifs is 1. The largest absolute Gasteiger partial charge is 0.573 e. The molecule has 0 spiro atoms. The van der Waals surface area contributed by atoms with E-state index in [1.165, 1.54) is 19.5 Å². The average molecular weight is 483 g/mol. The molecule has 2 N–H and O–H groups in total. The lowest BCUT2D eigenvalue weighted by Crippen LogP contribution is -2.17. The summed E-state index contributed by atoms with van der Waals surface area (Å²) < 4.78 is 51.8. The molecular formula is C21H18ClF3N4O4. The van der Waals surface area contributed by atoms with Gasteiger partial charge in [0.25, 0.3) is 0 Å². The Morgan fingerprint density at radius 2 is 1.97 bits per heavy atom. The second-order valence-corrected chi connectivity index (χ2v) is 6.84. The fourth-order valence-corrected chi connectivity index (χ4v) is 2.96. The van der Waals surface area contributed by atoms with E-state index >= 15 is 0 Å². The molecule has 8 nitrogen and oxygen atoms in total. The van der Waals surface area contributed by atoms with Gasteiger partial charge >= 0.3 is 6.36 Å². The number of rotatable bonds is 9. The number of nitrogens with one attached hydrogen (secondary N) is 2. The zero-order valence-corrected chi connectivity index (χ0v) is 18.0. The van der Waals surface area contributed by atoms with Gasteiger partial charge in [0.1, 0.15) is 30.3 Å². The van der Waals surface area contributed by atoms with Crippen molar-refractivity contribution in [3.63, 3.8) is 0 Å². The van der Waals surface area contributed by atoms with E-state index in [-0.39, 0.29) is 17.3 Å². The zero-order chi connectivity index (χ0) is 24.0. The maximum atomic E-state index is 12.4. The summed E-state index contributed by atoms with van der Waals surface area (Å²) in [5.41, 5.74) is 1.09. The Morgan fingerprint density at radius 3 is 2.64 bits per heavy atom. The number of hydrogen-bond donors (Lipinski definition) is 2. The second kappa shape index (κ2) is 10.4. The van der Waals surface area contributed by atoms with Crippen LogP contribution < -0.4 is 20.1 Å². The molecule has 1 heterocycles. The first kappa shape index (κ1) is 24.1. The highest BCUT2D eigenvalue weighted by molar-refractivity contribution is 6.33.